The molecule has 0 aromatic heterocycles. The number of rotatable bonds is 9. The van der Waals surface area contributed by atoms with Crippen LogP contribution in [0.5, 0.6) is 0 Å². The Morgan fingerprint density at radius 2 is 2.11 bits per heavy atom. The zero-order valence-electron chi connectivity index (χ0n) is 11.1. The van der Waals surface area contributed by atoms with E-state index in [4.69, 9.17) is 9.47 Å². The van der Waals surface area contributed by atoms with Crippen molar-refractivity contribution in [2.75, 3.05) is 33.5 Å². The summed E-state index contributed by atoms with van der Waals surface area (Å²) in [6, 6.07) is 6.78. The average molecular weight is 255 g/mol. The summed E-state index contributed by atoms with van der Waals surface area (Å²) < 4.78 is 23.4. The van der Waals surface area contributed by atoms with E-state index in [1.807, 2.05) is 13.0 Å². The minimum Gasteiger partial charge on any atom is -0.385 e. The Morgan fingerprint density at radius 1 is 1.28 bits per heavy atom. The summed E-state index contributed by atoms with van der Waals surface area (Å²) in [6.07, 6.45) is 0.913. The van der Waals surface area contributed by atoms with Crippen LogP contribution in [0.15, 0.2) is 24.3 Å². The predicted octanol–water partition coefficient (Wildman–Crippen LogP) is 2.53. The molecule has 0 aliphatic carbocycles. The van der Waals surface area contributed by atoms with E-state index in [0.29, 0.717) is 13.2 Å². The number of halogens is 1. The van der Waals surface area contributed by atoms with Crippen LogP contribution in [0.25, 0.3) is 0 Å². The van der Waals surface area contributed by atoms with Gasteiger partial charge in [-0.15, -0.1) is 0 Å². The SMILES string of the molecule is COCCCOCCNC(C)c1cccc(F)c1. The highest BCUT2D eigenvalue weighted by Crippen LogP contribution is 2.12. The van der Waals surface area contributed by atoms with Crippen LogP contribution in [0.1, 0.15) is 24.9 Å². The van der Waals surface area contributed by atoms with Crippen molar-refractivity contribution < 1.29 is 13.9 Å². The molecule has 0 spiro atoms. The molecule has 102 valence electrons. The molecular formula is C14H22FNO2. The molecule has 1 aromatic carbocycles. The quantitative estimate of drug-likeness (QED) is 0.688. The normalized spacial score (nSPS) is 12.6. The van der Waals surface area contributed by atoms with Crippen LogP contribution in [0, 0.1) is 5.82 Å². The van der Waals surface area contributed by atoms with Crippen molar-refractivity contribution >= 4 is 0 Å². The van der Waals surface area contributed by atoms with E-state index in [-0.39, 0.29) is 11.9 Å². The molecule has 0 fully saturated rings. The first kappa shape index (κ1) is 15.1. The summed E-state index contributed by atoms with van der Waals surface area (Å²) in [5.74, 6) is -0.197. The Hall–Kier alpha value is -0.970. The van der Waals surface area contributed by atoms with Crippen molar-refractivity contribution in [1.82, 2.24) is 5.32 Å². The fourth-order valence-corrected chi connectivity index (χ4v) is 1.65. The van der Waals surface area contributed by atoms with Crippen molar-refractivity contribution in [3.8, 4) is 0 Å². The maximum atomic E-state index is 13.0. The largest absolute Gasteiger partial charge is 0.385 e. The summed E-state index contributed by atoms with van der Waals surface area (Å²) in [5, 5.41) is 3.29. The molecule has 0 radical (unpaired) electrons. The van der Waals surface area contributed by atoms with Crippen LogP contribution in [-0.2, 0) is 9.47 Å². The molecule has 0 saturated heterocycles. The van der Waals surface area contributed by atoms with Gasteiger partial charge in [-0.25, -0.2) is 4.39 Å². The highest BCUT2D eigenvalue weighted by atomic mass is 19.1. The number of hydrogen-bond donors (Lipinski definition) is 1. The summed E-state index contributed by atoms with van der Waals surface area (Å²) in [7, 11) is 1.68. The minimum absolute atomic E-state index is 0.128. The van der Waals surface area contributed by atoms with Gasteiger partial charge in [0.15, 0.2) is 0 Å². The molecule has 4 heteroatoms. The molecular weight excluding hydrogens is 233 g/mol. The molecule has 1 unspecified atom stereocenters. The Kier molecular flexibility index (Phi) is 7.57. The van der Waals surface area contributed by atoms with Crippen LogP contribution in [0.2, 0.25) is 0 Å². The number of methoxy groups -OCH3 is 1. The maximum Gasteiger partial charge on any atom is 0.123 e. The van der Waals surface area contributed by atoms with E-state index >= 15 is 0 Å². The lowest BCUT2D eigenvalue weighted by Crippen LogP contribution is -2.23. The second-order valence-electron chi connectivity index (χ2n) is 4.19. The van der Waals surface area contributed by atoms with Crippen molar-refractivity contribution in [3.63, 3.8) is 0 Å². The van der Waals surface area contributed by atoms with Gasteiger partial charge >= 0.3 is 0 Å². The molecule has 18 heavy (non-hydrogen) atoms. The van der Waals surface area contributed by atoms with Gasteiger partial charge in [0.25, 0.3) is 0 Å². The first-order chi connectivity index (χ1) is 8.74. The van der Waals surface area contributed by atoms with E-state index in [9.17, 15) is 4.39 Å². The summed E-state index contributed by atoms with van der Waals surface area (Å²) in [5.41, 5.74) is 0.953. The van der Waals surface area contributed by atoms with Crippen molar-refractivity contribution in [1.29, 1.82) is 0 Å². The van der Waals surface area contributed by atoms with Gasteiger partial charge < -0.3 is 14.8 Å². The molecule has 0 aliphatic rings. The molecule has 0 aliphatic heterocycles. The molecule has 0 heterocycles. The molecule has 0 amide bonds. The smallest absolute Gasteiger partial charge is 0.123 e. The second-order valence-corrected chi connectivity index (χ2v) is 4.19. The molecule has 1 atom stereocenters. The fourth-order valence-electron chi connectivity index (χ4n) is 1.65. The van der Waals surface area contributed by atoms with E-state index in [1.54, 1.807) is 19.2 Å². The first-order valence-electron chi connectivity index (χ1n) is 6.29. The van der Waals surface area contributed by atoms with Crippen molar-refractivity contribution in [3.05, 3.63) is 35.6 Å². The van der Waals surface area contributed by atoms with Gasteiger partial charge in [-0.1, -0.05) is 12.1 Å². The molecule has 0 saturated carbocycles. The second kappa shape index (κ2) is 9.03. The topological polar surface area (TPSA) is 30.5 Å². The zero-order chi connectivity index (χ0) is 13.2. The third-order valence-corrected chi connectivity index (χ3v) is 2.68. The van der Waals surface area contributed by atoms with Gasteiger partial charge in [0.05, 0.1) is 6.61 Å². The fraction of sp³-hybridized carbons (Fsp3) is 0.571. The average Bonchev–Trinajstić information content (AvgIpc) is 2.37. The lowest BCUT2D eigenvalue weighted by Gasteiger charge is -2.14. The van der Waals surface area contributed by atoms with Gasteiger partial charge in [0.2, 0.25) is 0 Å². The van der Waals surface area contributed by atoms with Crippen LogP contribution >= 0.6 is 0 Å². The Labute approximate surface area is 108 Å². The minimum atomic E-state index is -0.197. The van der Waals surface area contributed by atoms with Gasteiger partial charge in [-0.3, -0.25) is 0 Å². The van der Waals surface area contributed by atoms with E-state index in [0.717, 1.165) is 25.1 Å². The summed E-state index contributed by atoms with van der Waals surface area (Å²) in [6.45, 7) is 4.87. The van der Waals surface area contributed by atoms with E-state index in [2.05, 4.69) is 5.32 Å². The van der Waals surface area contributed by atoms with Gasteiger partial charge in [0, 0.05) is 32.9 Å². The number of ether oxygens (including phenoxy) is 2. The first-order valence-corrected chi connectivity index (χ1v) is 6.29. The van der Waals surface area contributed by atoms with Gasteiger partial charge in [0.1, 0.15) is 5.82 Å². The predicted molar refractivity (Wildman–Crippen MR) is 70.1 cm³/mol. The Balaban J connectivity index is 2.12. The van der Waals surface area contributed by atoms with Crippen molar-refractivity contribution in [2.24, 2.45) is 0 Å². The van der Waals surface area contributed by atoms with Crippen LogP contribution in [-0.4, -0.2) is 33.5 Å². The third kappa shape index (κ3) is 6.10. The summed E-state index contributed by atoms with van der Waals surface area (Å²) in [4.78, 5) is 0. The Morgan fingerprint density at radius 3 is 2.83 bits per heavy atom. The Bertz CT molecular complexity index is 333. The van der Waals surface area contributed by atoms with Gasteiger partial charge in [-0.05, 0) is 31.0 Å². The van der Waals surface area contributed by atoms with Crippen LogP contribution in [0.4, 0.5) is 4.39 Å². The third-order valence-electron chi connectivity index (χ3n) is 2.68. The maximum absolute atomic E-state index is 13.0. The van der Waals surface area contributed by atoms with Crippen LogP contribution < -0.4 is 5.32 Å². The standard InChI is InChI=1S/C14H22FNO2/c1-12(13-5-3-6-14(15)11-13)16-7-10-18-9-4-8-17-2/h3,5-6,11-12,16H,4,7-10H2,1-2H3. The highest BCUT2D eigenvalue weighted by molar-refractivity contribution is 5.19. The summed E-state index contributed by atoms with van der Waals surface area (Å²) >= 11 is 0. The van der Waals surface area contributed by atoms with Gasteiger partial charge in [-0.2, -0.15) is 0 Å². The van der Waals surface area contributed by atoms with E-state index in [1.165, 1.54) is 6.07 Å². The highest BCUT2D eigenvalue weighted by Gasteiger charge is 2.04. The monoisotopic (exact) mass is 255 g/mol. The lowest BCUT2D eigenvalue weighted by molar-refractivity contribution is 0.103. The zero-order valence-corrected chi connectivity index (χ0v) is 11.1. The molecule has 1 aromatic rings. The number of hydrogen-bond acceptors (Lipinski definition) is 3. The van der Waals surface area contributed by atoms with Crippen molar-refractivity contribution in [2.45, 2.75) is 19.4 Å². The number of nitrogens with one attached hydrogen (secondary N) is 1. The molecule has 0 bridgehead atoms. The molecule has 3 nitrogen and oxygen atoms in total. The van der Waals surface area contributed by atoms with Crippen LogP contribution in [0.3, 0.4) is 0 Å². The number of benzene rings is 1. The lowest BCUT2D eigenvalue weighted by atomic mass is 10.1. The molecule has 1 rings (SSSR count). The molecule has 1 N–H and O–H groups in total. The van der Waals surface area contributed by atoms with E-state index < -0.39 is 0 Å².